The molecule has 0 saturated carbocycles. The van der Waals surface area contributed by atoms with Crippen LogP contribution in [-0.4, -0.2) is 43.0 Å². The zero-order chi connectivity index (χ0) is 16.6. The summed E-state index contributed by atoms with van der Waals surface area (Å²) in [4.78, 5) is 4.65. The normalized spacial score (nSPS) is 10.2. The van der Waals surface area contributed by atoms with Crippen molar-refractivity contribution in [3.63, 3.8) is 0 Å². The Kier molecular flexibility index (Phi) is 13.6. The van der Waals surface area contributed by atoms with Crippen LogP contribution in [-0.2, 0) is 6.54 Å². The fourth-order valence-electron chi connectivity index (χ4n) is 2.29. The summed E-state index contributed by atoms with van der Waals surface area (Å²) in [5.41, 5.74) is 1.33. The summed E-state index contributed by atoms with van der Waals surface area (Å²) >= 11 is 0. The minimum Gasteiger partial charge on any atom is -0.306 e. The Morgan fingerprint density at radius 3 is 1.82 bits per heavy atom. The third-order valence-corrected chi connectivity index (χ3v) is 3.23. The molecule has 0 aromatic heterocycles. The van der Waals surface area contributed by atoms with E-state index in [1.807, 2.05) is 18.2 Å². The largest absolute Gasteiger partial charge is 0.306 e. The maximum absolute atomic E-state index is 3.75. The second-order valence-corrected chi connectivity index (χ2v) is 5.56. The van der Waals surface area contributed by atoms with Gasteiger partial charge in [0.2, 0.25) is 0 Å². The van der Waals surface area contributed by atoms with E-state index >= 15 is 0 Å². The molecule has 0 unspecified atom stereocenters. The summed E-state index contributed by atoms with van der Waals surface area (Å²) in [6.45, 7) is 17.2. The number of nitrogens with zero attached hydrogens (tertiary/aromatic N) is 2. The van der Waals surface area contributed by atoms with Crippen molar-refractivity contribution in [2.24, 2.45) is 0 Å². The molecular weight excluding hydrogens is 268 g/mol. The van der Waals surface area contributed by atoms with Crippen LogP contribution in [0.5, 0.6) is 0 Å². The second-order valence-electron chi connectivity index (χ2n) is 5.56. The SMILES string of the molecule is C=CCN(CC=C)Cc1ccccc1.CCCN(C)CCC. The molecule has 0 aliphatic heterocycles. The van der Waals surface area contributed by atoms with E-state index in [9.17, 15) is 0 Å². The van der Waals surface area contributed by atoms with Crippen molar-refractivity contribution in [1.29, 1.82) is 0 Å². The standard InChI is InChI=1S/C13H17N.C7H17N/c1-3-10-14(11-4-2)12-13-8-6-5-7-9-13;1-4-6-8(3)7-5-2/h3-9H,1-2,10-12H2;4-7H2,1-3H3. The molecule has 0 aliphatic rings. The van der Waals surface area contributed by atoms with E-state index in [0.29, 0.717) is 0 Å². The molecule has 1 rings (SSSR count). The van der Waals surface area contributed by atoms with Gasteiger partial charge in [-0.15, -0.1) is 13.2 Å². The van der Waals surface area contributed by atoms with Crippen molar-refractivity contribution in [1.82, 2.24) is 9.80 Å². The van der Waals surface area contributed by atoms with Gasteiger partial charge in [0.1, 0.15) is 0 Å². The van der Waals surface area contributed by atoms with E-state index < -0.39 is 0 Å². The van der Waals surface area contributed by atoms with Gasteiger partial charge in [-0.2, -0.15) is 0 Å². The number of hydrogen-bond acceptors (Lipinski definition) is 2. The molecule has 124 valence electrons. The topological polar surface area (TPSA) is 6.48 Å². The Labute approximate surface area is 138 Å². The summed E-state index contributed by atoms with van der Waals surface area (Å²) in [7, 11) is 2.17. The highest BCUT2D eigenvalue weighted by atomic mass is 15.1. The quantitative estimate of drug-likeness (QED) is 0.583. The van der Waals surface area contributed by atoms with Gasteiger partial charge in [-0.1, -0.05) is 56.3 Å². The van der Waals surface area contributed by atoms with Gasteiger partial charge in [-0.05, 0) is 38.5 Å². The molecule has 0 fully saturated rings. The molecule has 1 aromatic carbocycles. The molecule has 0 N–H and O–H groups in total. The fourth-order valence-corrected chi connectivity index (χ4v) is 2.29. The fraction of sp³-hybridized carbons (Fsp3) is 0.500. The first-order chi connectivity index (χ1) is 10.7. The zero-order valence-corrected chi connectivity index (χ0v) is 14.8. The van der Waals surface area contributed by atoms with Crippen molar-refractivity contribution < 1.29 is 0 Å². The average Bonchev–Trinajstić information content (AvgIpc) is 2.50. The molecule has 0 bridgehead atoms. The lowest BCUT2D eigenvalue weighted by Crippen LogP contribution is -2.23. The highest BCUT2D eigenvalue weighted by Gasteiger charge is 2.00. The first-order valence-corrected chi connectivity index (χ1v) is 8.34. The molecule has 1 aromatic rings. The predicted molar refractivity (Wildman–Crippen MR) is 100 cm³/mol. The highest BCUT2D eigenvalue weighted by Crippen LogP contribution is 2.03. The van der Waals surface area contributed by atoms with Gasteiger partial charge in [0.05, 0.1) is 0 Å². The summed E-state index contributed by atoms with van der Waals surface area (Å²) in [6, 6.07) is 10.4. The van der Waals surface area contributed by atoms with Crippen LogP contribution in [0.3, 0.4) is 0 Å². The predicted octanol–water partition coefficient (Wildman–Crippen LogP) is 4.60. The van der Waals surface area contributed by atoms with Crippen LogP contribution in [0.15, 0.2) is 55.6 Å². The molecule has 0 aliphatic carbocycles. The molecule has 0 spiro atoms. The van der Waals surface area contributed by atoms with E-state index in [-0.39, 0.29) is 0 Å². The molecule has 0 atom stereocenters. The lowest BCUT2D eigenvalue weighted by molar-refractivity contribution is 0.328. The maximum Gasteiger partial charge on any atom is 0.0240 e. The Hall–Kier alpha value is -1.38. The molecular formula is C20H34N2. The maximum atomic E-state index is 3.75. The van der Waals surface area contributed by atoms with E-state index in [1.165, 1.54) is 31.5 Å². The first kappa shape index (κ1) is 20.6. The number of hydrogen-bond donors (Lipinski definition) is 0. The Balaban J connectivity index is 0.000000472. The minimum absolute atomic E-state index is 0.904. The monoisotopic (exact) mass is 302 g/mol. The minimum atomic E-state index is 0.904. The summed E-state index contributed by atoms with van der Waals surface area (Å²) < 4.78 is 0. The summed E-state index contributed by atoms with van der Waals surface area (Å²) in [6.07, 6.45) is 6.39. The van der Waals surface area contributed by atoms with Crippen molar-refractivity contribution in [3.8, 4) is 0 Å². The van der Waals surface area contributed by atoms with Crippen LogP contribution in [0.25, 0.3) is 0 Å². The van der Waals surface area contributed by atoms with Crippen molar-refractivity contribution in [3.05, 3.63) is 61.2 Å². The van der Waals surface area contributed by atoms with Crippen molar-refractivity contribution in [2.75, 3.05) is 33.2 Å². The van der Waals surface area contributed by atoms with Gasteiger partial charge >= 0.3 is 0 Å². The molecule has 0 saturated heterocycles. The molecule has 0 heterocycles. The van der Waals surface area contributed by atoms with Crippen LogP contribution in [0.2, 0.25) is 0 Å². The van der Waals surface area contributed by atoms with Gasteiger partial charge in [0, 0.05) is 19.6 Å². The third kappa shape index (κ3) is 11.3. The Morgan fingerprint density at radius 1 is 0.909 bits per heavy atom. The highest BCUT2D eigenvalue weighted by molar-refractivity contribution is 5.14. The van der Waals surface area contributed by atoms with Gasteiger partial charge in [0.25, 0.3) is 0 Å². The van der Waals surface area contributed by atoms with Crippen LogP contribution < -0.4 is 0 Å². The van der Waals surface area contributed by atoms with Gasteiger partial charge in [0.15, 0.2) is 0 Å². The number of benzene rings is 1. The molecule has 0 radical (unpaired) electrons. The Morgan fingerprint density at radius 2 is 1.41 bits per heavy atom. The van der Waals surface area contributed by atoms with Crippen LogP contribution in [0, 0.1) is 0 Å². The lowest BCUT2D eigenvalue weighted by atomic mass is 10.2. The smallest absolute Gasteiger partial charge is 0.0240 e. The molecule has 0 amide bonds. The average molecular weight is 303 g/mol. The second kappa shape index (κ2) is 14.6. The molecule has 22 heavy (non-hydrogen) atoms. The third-order valence-electron chi connectivity index (χ3n) is 3.23. The van der Waals surface area contributed by atoms with E-state index in [4.69, 9.17) is 0 Å². The van der Waals surface area contributed by atoms with Gasteiger partial charge < -0.3 is 4.90 Å². The van der Waals surface area contributed by atoms with Crippen LogP contribution in [0.1, 0.15) is 32.3 Å². The summed E-state index contributed by atoms with van der Waals surface area (Å²) in [5, 5.41) is 0. The van der Waals surface area contributed by atoms with Gasteiger partial charge in [-0.3, -0.25) is 4.90 Å². The van der Waals surface area contributed by atoms with E-state index in [2.05, 4.69) is 68.1 Å². The zero-order valence-electron chi connectivity index (χ0n) is 14.8. The van der Waals surface area contributed by atoms with Crippen molar-refractivity contribution >= 4 is 0 Å². The molecule has 2 heteroatoms. The lowest BCUT2D eigenvalue weighted by Gasteiger charge is -2.18. The molecule has 2 nitrogen and oxygen atoms in total. The van der Waals surface area contributed by atoms with Crippen LogP contribution in [0.4, 0.5) is 0 Å². The summed E-state index contributed by atoms with van der Waals surface area (Å²) in [5.74, 6) is 0. The van der Waals surface area contributed by atoms with Gasteiger partial charge in [-0.25, -0.2) is 0 Å². The Bertz CT molecular complexity index is 357. The van der Waals surface area contributed by atoms with Crippen LogP contribution >= 0.6 is 0 Å². The van der Waals surface area contributed by atoms with Crippen molar-refractivity contribution in [2.45, 2.75) is 33.2 Å². The number of rotatable bonds is 10. The first-order valence-electron chi connectivity index (χ1n) is 8.34. The van der Waals surface area contributed by atoms with E-state index in [1.54, 1.807) is 0 Å². The van der Waals surface area contributed by atoms with E-state index in [0.717, 1.165) is 19.6 Å².